The molecule has 0 radical (unpaired) electrons. The van der Waals surface area contributed by atoms with Gasteiger partial charge in [-0.15, -0.1) is 0 Å². The Morgan fingerprint density at radius 3 is 2.16 bits per heavy atom. The molecule has 1 amide bonds. The highest BCUT2D eigenvalue weighted by molar-refractivity contribution is 7.94. The normalized spacial score (nSPS) is 32.9. The monoisotopic (exact) mass is 287 g/mol. The lowest BCUT2D eigenvalue weighted by atomic mass is 9.81. The highest BCUT2D eigenvalue weighted by atomic mass is 32.2. The second-order valence-corrected chi connectivity index (χ2v) is 7.09. The van der Waals surface area contributed by atoms with Gasteiger partial charge in [-0.3, -0.25) is 9.59 Å². The summed E-state index contributed by atoms with van der Waals surface area (Å²) in [7, 11) is -3.16. The van der Waals surface area contributed by atoms with Crippen molar-refractivity contribution in [3.05, 3.63) is 11.5 Å². The van der Waals surface area contributed by atoms with Gasteiger partial charge >= 0.3 is 5.97 Å². The first kappa shape index (κ1) is 14.0. The molecule has 19 heavy (non-hydrogen) atoms. The van der Waals surface area contributed by atoms with E-state index in [0.29, 0.717) is 25.7 Å². The second-order valence-electron chi connectivity index (χ2n) is 5.16. The van der Waals surface area contributed by atoms with Gasteiger partial charge in [-0.1, -0.05) is 0 Å². The average molecular weight is 287 g/mol. The molecule has 1 atom stereocenters. The highest BCUT2D eigenvalue weighted by Crippen LogP contribution is 2.29. The number of nitrogens with one attached hydrogen (secondary N) is 1. The molecular formula is C12H17NO5S. The molecule has 1 aliphatic carbocycles. The van der Waals surface area contributed by atoms with Crippen LogP contribution in [-0.4, -0.2) is 37.2 Å². The Balaban J connectivity index is 1.83. The number of hydrogen-bond acceptors (Lipinski definition) is 4. The fraction of sp³-hybridized carbons (Fsp3) is 0.667. The van der Waals surface area contributed by atoms with Crippen LogP contribution in [0.15, 0.2) is 11.5 Å². The molecule has 0 aromatic rings. The largest absolute Gasteiger partial charge is 0.481 e. The summed E-state index contributed by atoms with van der Waals surface area (Å²) in [6.07, 6.45) is 3.59. The maximum atomic E-state index is 12.0. The summed E-state index contributed by atoms with van der Waals surface area (Å²) >= 11 is 0. The first-order valence-electron chi connectivity index (χ1n) is 6.31. The number of sulfone groups is 1. The van der Waals surface area contributed by atoms with E-state index in [0.717, 1.165) is 5.41 Å². The zero-order chi connectivity index (χ0) is 14.0. The van der Waals surface area contributed by atoms with E-state index in [2.05, 4.69) is 5.32 Å². The summed E-state index contributed by atoms with van der Waals surface area (Å²) in [5, 5.41) is 12.7. The van der Waals surface area contributed by atoms with E-state index in [1.54, 1.807) is 0 Å². The molecule has 106 valence electrons. The van der Waals surface area contributed by atoms with Crippen molar-refractivity contribution >= 4 is 21.7 Å². The van der Waals surface area contributed by atoms with Crippen LogP contribution in [-0.2, 0) is 19.4 Å². The Morgan fingerprint density at radius 1 is 1.11 bits per heavy atom. The zero-order valence-electron chi connectivity index (χ0n) is 10.4. The van der Waals surface area contributed by atoms with Crippen molar-refractivity contribution in [3.8, 4) is 0 Å². The molecule has 0 saturated heterocycles. The molecule has 0 bridgehead atoms. The number of carbonyl (C=O) groups excluding carboxylic acids is 1. The summed E-state index contributed by atoms with van der Waals surface area (Å²) in [6.45, 7) is 0. The lowest BCUT2D eigenvalue weighted by Gasteiger charge is -2.26. The van der Waals surface area contributed by atoms with E-state index in [4.69, 9.17) is 5.11 Å². The van der Waals surface area contributed by atoms with E-state index < -0.39 is 21.8 Å². The standard InChI is InChI=1S/C12H17NO5S/c14-11(13-10-5-6-19(17,18)7-10)8-1-3-9(4-2-8)12(15)16/h5-6,8-10H,1-4,7H2,(H,13,14)(H,15,16). The number of hydrogen-bond donors (Lipinski definition) is 2. The second kappa shape index (κ2) is 5.32. The maximum Gasteiger partial charge on any atom is 0.306 e. The van der Waals surface area contributed by atoms with Crippen LogP contribution in [0.3, 0.4) is 0 Å². The number of rotatable bonds is 3. The van der Waals surface area contributed by atoms with E-state index in [1.807, 2.05) is 0 Å². The number of carbonyl (C=O) groups is 2. The van der Waals surface area contributed by atoms with Gasteiger partial charge in [0, 0.05) is 11.3 Å². The van der Waals surface area contributed by atoms with Crippen LogP contribution in [0.1, 0.15) is 25.7 Å². The van der Waals surface area contributed by atoms with Crippen LogP contribution < -0.4 is 5.32 Å². The minimum absolute atomic E-state index is 0.0801. The molecule has 1 heterocycles. The molecule has 0 spiro atoms. The minimum Gasteiger partial charge on any atom is -0.481 e. The molecule has 1 aliphatic heterocycles. The van der Waals surface area contributed by atoms with E-state index in [9.17, 15) is 18.0 Å². The van der Waals surface area contributed by atoms with Crippen molar-refractivity contribution in [1.82, 2.24) is 5.32 Å². The highest BCUT2D eigenvalue weighted by Gasteiger charge is 2.31. The number of aliphatic carboxylic acids is 1. The molecule has 2 rings (SSSR count). The topological polar surface area (TPSA) is 101 Å². The van der Waals surface area contributed by atoms with Gasteiger partial charge in [0.15, 0.2) is 9.84 Å². The van der Waals surface area contributed by atoms with Gasteiger partial charge < -0.3 is 10.4 Å². The maximum absolute atomic E-state index is 12.0. The summed E-state index contributed by atoms with van der Waals surface area (Å²) in [6, 6.07) is -0.449. The Hall–Kier alpha value is -1.37. The van der Waals surface area contributed by atoms with E-state index >= 15 is 0 Å². The Labute approximate surface area is 111 Å². The SMILES string of the molecule is O=C(O)C1CCC(C(=O)NC2C=CS(=O)(=O)C2)CC1. The molecular weight excluding hydrogens is 270 g/mol. The van der Waals surface area contributed by atoms with Crippen molar-refractivity contribution in [2.75, 3.05) is 5.75 Å². The van der Waals surface area contributed by atoms with Crippen molar-refractivity contribution < 1.29 is 23.1 Å². The number of carboxylic acids is 1. The van der Waals surface area contributed by atoms with Gasteiger partial charge in [0.25, 0.3) is 0 Å². The molecule has 1 fully saturated rings. The van der Waals surface area contributed by atoms with Crippen LogP contribution in [0.25, 0.3) is 0 Å². The van der Waals surface area contributed by atoms with Gasteiger partial charge in [-0.25, -0.2) is 8.42 Å². The Kier molecular flexibility index (Phi) is 3.93. The van der Waals surface area contributed by atoms with Gasteiger partial charge in [-0.2, -0.15) is 0 Å². The molecule has 6 nitrogen and oxygen atoms in total. The molecule has 0 aromatic carbocycles. The third-order valence-corrected chi connectivity index (χ3v) is 5.10. The van der Waals surface area contributed by atoms with Crippen LogP contribution >= 0.6 is 0 Å². The van der Waals surface area contributed by atoms with Gasteiger partial charge in [0.2, 0.25) is 5.91 Å². The third-order valence-electron chi connectivity index (χ3n) is 3.70. The quantitative estimate of drug-likeness (QED) is 0.777. The van der Waals surface area contributed by atoms with E-state index in [1.165, 1.54) is 6.08 Å². The number of amides is 1. The Morgan fingerprint density at radius 2 is 1.68 bits per heavy atom. The first-order valence-corrected chi connectivity index (χ1v) is 8.03. The van der Waals surface area contributed by atoms with Crippen molar-refractivity contribution in [2.24, 2.45) is 11.8 Å². The minimum atomic E-state index is -3.16. The molecule has 1 saturated carbocycles. The molecule has 7 heteroatoms. The third kappa shape index (κ3) is 3.56. The molecule has 2 N–H and O–H groups in total. The lowest BCUT2D eigenvalue weighted by Crippen LogP contribution is -2.41. The fourth-order valence-electron chi connectivity index (χ4n) is 2.57. The average Bonchev–Trinajstić information content (AvgIpc) is 2.68. The van der Waals surface area contributed by atoms with Gasteiger partial charge in [-0.05, 0) is 31.8 Å². The predicted octanol–water partition coefficient (Wildman–Crippen LogP) is 0.304. The predicted molar refractivity (Wildman–Crippen MR) is 67.9 cm³/mol. The number of carboxylic acid groups (broad SMARTS) is 1. The van der Waals surface area contributed by atoms with Crippen molar-refractivity contribution in [1.29, 1.82) is 0 Å². The molecule has 0 aromatic heterocycles. The zero-order valence-corrected chi connectivity index (χ0v) is 11.2. The summed E-state index contributed by atoms with van der Waals surface area (Å²) in [5.41, 5.74) is 0. The van der Waals surface area contributed by atoms with Crippen LogP contribution in [0.5, 0.6) is 0 Å². The lowest BCUT2D eigenvalue weighted by molar-refractivity contribution is -0.144. The molecule has 1 unspecified atom stereocenters. The van der Waals surface area contributed by atoms with Crippen molar-refractivity contribution in [2.45, 2.75) is 31.7 Å². The smallest absolute Gasteiger partial charge is 0.306 e. The first-order chi connectivity index (χ1) is 8.87. The summed E-state index contributed by atoms with van der Waals surface area (Å²) in [5.74, 6) is -1.61. The van der Waals surface area contributed by atoms with E-state index in [-0.39, 0.29) is 23.5 Å². The van der Waals surface area contributed by atoms with Crippen LogP contribution in [0, 0.1) is 11.8 Å². The van der Waals surface area contributed by atoms with Gasteiger partial charge in [0.05, 0.1) is 17.7 Å². The summed E-state index contributed by atoms with van der Waals surface area (Å²) < 4.78 is 22.4. The molecule has 2 aliphatic rings. The van der Waals surface area contributed by atoms with Crippen LogP contribution in [0.2, 0.25) is 0 Å². The van der Waals surface area contributed by atoms with Gasteiger partial charge in [0.1, 0.15) is 0 Å². The fourth-order valence-corrected chi connectivity index (χ4v) is 3.80. The van der Waals surface area contributed by atoms with Crippen molar-refractivity contribution in [3.63, 3.8) is 0 Å². The summed E-state index contributed by atoms with van der Waals surface area (Å²) in [4.78, 5) is 22.8. The van der Waals surface area contributed by atoms with Crippen LogP contribution in [0.4, 0.5) is 0 Å². The Bertz CT molecular complexity index is 502.